The van der Waals surface area contributed by atoms with E-state index >= 15 is 0 Å². The number of carbonyl (C=O) groups excluding carboxylic acids is 1. The largest absolute Gasteiger partial charge is 0.375 e. The van der Waals surface area contributed by atoms with Crippen LogP contribution in [0, 0.1) is 5.92 Å². The molecule has 2 aliphatic rings. The predicted octanol–water partition coefficient (Wildman–Crippen LogP) is 1.80. The number of hydrogen-bond donors (Lipinski definition) is 1. The van der Waals surface area contributed by atoms with E-state index in [4.69, 9.17) is 4.74 Å². The lowest BCUT2D eigenvalue weighted by Crippen LogP contribution is -2.48. The molecule has 0 saturated carbocycles. The molecule has 2 fully saturated rings. The van der Waals surface area contributed by atoms with Gasteiger partial charge >= 0.3 is 0 Å². The maximum Gasteiger partial charge on any atom is 0.272 e. The van der Waals surface area contributed by atoms with Gasteiger partial charge in [0.1, 0.15) is 0 Å². The number of aromatic nitrogens is 2. The fraction of sp³-hybridized carbons (Fsp3) is 0.579. The minimum Gasteiger partial charge on any atom is -0.375 e. The number of para-hydroxylation sites is 1. The predicted molar refractivity (Wildman–Crippen MR) is 96.5 cm³/mol. The summed E-state index contributed by atoms with van der Waals surface area (Å²) in [5.41, 5.74) is 1.49. The molecule has 1 amide bonds. The fourth-order valence-electron chi connectivity index (χ4n) is 4.04. The monoisotopic (exact) mass is 342 g/mol. The van der Waals surface area contributed by atoms with Crippen molar-refractivity contribution in [2.45, 2.75) is 38.5 Å². The van der Waals surface area contributed by atoms with E-state index in [0.29, 0.717) is 23.8 Å². The number of hydrogen-bond acceptors (Lipinski definition) is 4. The van der Waals surface area contributed by atoms with Gasteiger partial charge in [0.15, 0.2) is 5.69 Å². The molecule has 3 heterocycles. The van der Waals surface area contributed by atoms with Crippen molar-refractivity contribution >= 4 is 16.8 Å². The van der Waals surface area contributed by atoms with Crippen LogP contribution >= 0.6 is 0 Å². The summed E-state index contributed by atoms with van der Waals surface area (Å²) in [7, 11) is 1.87. The summed E-state index contributed by atoms with van der Waals surface area (Å²) in [6.07, 6.45) is 1.24. The zero-order valence-corrected chi connectivity index (χ0v) is 15.1. The van der Waals surface area contributed by atoms with Crippen LogP contribution < -0.4 is 5.32 Å². The summed E-state index contributed by atoms with van der Waals surface area (Å²) in [5, 5.41) is 8.52. The first-order valence-corrected chi connectivity index (χ1v) is 9.11. The Labute approximate surface area is 148 Å². The maximum absolute atomic E-state index is 12.8. The van der Waals surface area contributed by atoms with E-state index in [0.717, 1.165) is 37.0 Å². The van der Waals surface area contributed by atoms with Crippen molar-refractivity contribution in [2.75, 3.05) is 19.7 Å². The van der Waals surface area contributed by atoms with Crippen molar-refractivity contribution in [1.29, 1.82) is 0 Å². The van der Waals surface area contributed by atoms with Gasteiger partial charge in [0.05, 0.1) is 18.2 Å². The lowest BCUT2D eigenvalue weighted by atomic mass is 10.0. The van der Waals surface area contributed by atoms with Gasteiger partial charge in [0, 0.05) is 37.6 Å². The number of fused-ring (bicyclic) bond motifs is 2. The Kier molecular flexibility index (Phi) is 4.25. The van der Waals surface area contributed by atoms with E-state index < -0.39 is 0 Å². The molecule has 0 spiro atoms. The van der Waals surface area contributed by atoms with Gasteiger partial charge in [0.2, 0.25) is 0 Å². The molecule has 2 saturated heterocycles. The van der Waals surface area contributed by atoms with Crippen LogP contribution in [-0.2, 0) is 11.8 Å². The number of carbonyl (C=O) groups is 1. The highest BCUT2D eigenvalue weighted by atomic mass is 16.5. The van der Waals surface area contributed by atoms with Crippen molar-refractivity contribution in [3.8, 4) is 0 Å². The van der Waals surface area contributed by atoms with Crippen LogP contribution in [0.5, 0.6) is 0 Å². The second-order valence-electron chi connectivity index (χ2n) is 7.62. The molecule has 1 aromatic carbocycles. The minimum absolute atomic E-state index is 0.0806. The van der Waals surface area contributed by atoms with Crippen LogP contribution in [0.15, 0.2) is 24.3 Å². The molecular formula is C19H26N4O2. The van der Waals surface area contributed by atoms with Crippen molar-refractivity contribution in [3.63, 3.8) is 0 Å². The van der Waals surface area contributed by atoms with Crippen LogP contribution in [0.4, 0.5) is 0 Å². The van der Waals surface area contributed by atoms with Gasteiger partial charge in [-0.3, -0.25) is 14.4 Å². The number of nitrogens with one attached hydrogen (secondary N) is 1. The Morgan fingerprint density at radius 3 is 2.92 bits per heavy atom. The lowest BCUT2D eigenvalue weighted by Gasteiger charge is -2.36. The molecule has 2 aromatic rings. The van der Waals surface area contributed by atoms with Crippen LogP contribution in [0.3, 0.4) is 0 Å². The molecule has 134 valence electrons. The second-order valence-corrected chi connectivity index (χ2v) is 7.62. The molecule has 0 radical (unpaired) electrons. The smallest absolute Gasteiger partial charge is 0.272 e. The first-order valence-electron chi connectivity index (χ1n) is 9.11. The molecule has 0 unspecified atom stereocenters. The van der Waals surface area contributed by atoms with Gasteiger partial charge in [-0.1, -0.05) is 32.0 Å². The average molecular weight is 342 g/mol. The highest BCUT2D eigenvalue weighted by Crippen LogP contribution is 2.26. The van der Waals surface area contributed by atoms with E-state index in [1.807, 2.05) is 31.3 Å². The van der Waals surface area contributed by atoms with E-state index in [1.54, 1.807) is 4.68 Å². The standard InChI is InChI=1S/C19H26N4O2/c1-12(2)17-10-23-9-13(8-14(23)11-25-17)20-19(24)18-15-6-4-5-7-16(15)22(3)21-18/h4-7,12-14,17H,8-11H2,1-3H3,(H,20,24)/t13-,14+,17-/m1/s1. The summed E-state index contributed by atoms with van der Waals surface area (Å²) in [4.78, 5) is 15.2. The van der Waals surface area contributed by atoms with Crippen LogP contribution in [0.2, 0.25) is 0 Å². The molecule has 6 nitrogen and oxygen atoms in total. The summed E-state index contributed by atoms with van der Waals surface area (Å²) in [5.74, 6) is 0.442. The number of morpholine rings is 1. The highest BCUT2D eigenvalue weighted by molar-refractivity contribution is 6.04. The summed E-state index contributed by atoms with van der Waals surface area (Å²) in [6, 6.07) is 8.42. The molecule has 1 N–H and O–H groups in total. The molecule has 25 heavy (non-hydrogen) atoms. The summed E-state index contributed by atoms with van der Waals surface area (Å²) >= 11 is 0. The molecule has 1 aromatic heterocycles. The third-order valence-corrected chi connectivity index (χ3v) is 5.50. The Bertz CT molecular complexity index is 785. The van der Waals surface area contributed by atoms with Crippen molar-refractivity contribution < 1.29 is 9.53 Å². The maximum atomic E-state index is 12.8. The molecule has 0 bridgehead atoms. The Hall–Kier alpha value is -1.92. The highest BCUT2D eigenvalue weighted by Gasteiger charge is 2.38. The Morgan fingerprint density at radius 1 is 1.32 bits per heavy atom. The van der Waals surface area contributed by atoms with E-state index in [1.165, 1.54) is 0 Å². The van der Waals surface area contributed by atoms with Gasteiger partial charge in [0.25, 0.3) is 5.91 Å². The number of benzene rings is 1. The zero-order valence-electron chi connectivity index (χ0n) is 15.1. The van der Waals surface area contributed by atoms with Gasteiger partial charge in [-0.25, -0.2) is 0 Å². The lowest BCUT2D eigenvalue weighted by molar-refractivity contribution is -0.0683. The van der Waals surface area contributed by atoms with Gasteiger partial charge in [-0.15, -0.1) is 0 Å². The first kappa shape index (κ1) is 16.5. The Balaban J connectivity index is 1.45. The SMILES string of the molecule is CC(C)[C@H]1CN2C[C@H](NC(=O)c3nn(C)c4ccccc34)C[C@H]2CO1. The normalized spacial score (nSPS) is 27.0. The van der Waals surface area contributed by atoms with E-state index in [2.05, 4.69) is 29.2 Å². The molecule has 3 atom stereocenters. The quantitative estimate of drug-likeness (QED) is 0.924. The van der Waals surface area contributed by atoms with Crippen molar-refractivity contribution in [3.05, 3.63) is 30.0 Å². The molecule has 0 aliphatic carbocycles. The number of nitrogens with zero attached hydrogens (tertiary/aromatic N) is 3. The summed E-state index contributed by atoms with van der Waals surface area (Å²) in [6.45, 7) is 7.02. The fourth-order valence-corrected chi connectivity index (χ4v) is 4.04. The van der Waals surface area contributed by atoms with Gasteiger partial charge < -0.3 is 10.1 Å². The van der Waals surface area contributed by atoms with Crippen molar-refractivity contribution in [1.82, 2.24) is 20.0 Å². The molecule has 2 aliphatic heterocycles. The van der Waals surface area contributed by atoms with Crippen molar-refractivity contribution in [2.24, 2.45) is 13.0 Å². The zero-order chi connectivity index (χ0) is 17.6. The van der Waals surface area contributed by atoms with Crippen LogP contribution in [0.25, 0.3) is 10.9 Å². The minimum atomic E-state index is -0.0806. The van der Waals surface area contributed by atoms with Gasteiger partial charge in [-0.05, 0) is 18.4 Å². The van der Waals surface area contributed by atoms with Crippen LogP contribution in [-0.4, -0.2) is 58.5 Å². The molecule has 4 rings (SSSR count). The topological polar surface area (TPSA) is 59.4 Å². The van der Waals surface area contributed by atoms with Gasteiger partial charge in [-0.2, -0.15) is 5.10 Å². The Morgan fingerprint density at radius 2 is 2.12 bits per heavy atom. The molecular weight excluding hydrogens is 316 g/mol. The number of aryl methyl sites for hydroxylation is 1. The second kappa shape index (κ2) is 6.42. The third-order valence-electron chi connectivity index (χ3n) is 5.50. The first-order chi connectivity index (χ1) is 12.0. The van der Waals surface area contributed by atoms with Crippen LogP contribution in [0.1, 0.15) is 30.8 Å². The number of rotatable bonds is 3. The average Bonchev–Trinajstić information content (AvgIpc) is 3.15. The third kappa shape index (κ3) is 3.04. The van der Waals surface area contributed by atoms with E-state index in [-0.39, 0.29) is 11.9 Å². The summed E-state index contributed by atoms with van der Waals surface area (Å²) < 4.78 is 7.75. The number of ether oxygens (including phenoxy) is 1. The number of amides is 1. The van der Waals surface area contributed by atoms with E-state index in [9.17, 15) is 4.79 Å². The molecule has 6 heteroatoms.